The van der Waals surface area contributed by atoms with Crippen molar-refractivity contribution in [3.05, 3.63) is 84.4 Å². The Bertz CT molecular complexity index is 1060. The fourth-order valence-electron chi connectivity index (χ4n) is 3.97. The first-order valence-electron chi connectivity index (χ1n) is 10.7. The van der Waals surface area contributed by atoms with Gasteiger partial charge in [0.15, 0.2) is 5.60 Å². The Labute approximate surface area is 187 Å². The predicted octanol–water partition coefficient (Wildman–Crippen LogP) is 2.73. The molecule has 0 bridgehead atoms. The second-order valence-corrected chi connectivity index (χ2v) is 7.77. The number of likely N-dealkylation sites (N-methyl/N-ethyl adjacent to an activating group) is 1. The number of carbonyl (C=O) groups excluding carboxylic acids is 2. The molecule has 0 aliphatic carbocycles. The van der Waals surface area contributed by atoms with Gasteiger partial charge in [0.2, 0.25) is 0 Å². The van der Waals surface area contributed by atoms with Crippen molar-refractivity contribution in [2.75, 3.05) is 26.2 Å². The van der Waals surface area contributed by atoms with E-state index in [4.69, 9.17) is 4.74 Å². The molecule has 0 radical (unpaired) electrons. The number of pyridine rings is 2. The highest BCUT2D eigenvalue weighted by Gasteiger charge is 2.45. The maximum Gasteiger partial charge on any atom is 0.254 e. The van der Waals surface area contributed by atoms with Gasteiger partial charge in [0.05, 0.1) is 13.2 Å². The predicted molar refractivity (Wildman–Crippen MR) is 121 cm³/mol. The van der Waals surface area contributed by atoms with Crippen molar-refractivity contribution >= 4 is 11.8 Å². The van der Waals surface area contributed by atoms with Crippen LogP contribution in [0.25, 0.3) is 11.1 Å². The van der Waals surface area contributed by atoms with Crippen LogP contribution < -0.4 is 5.32 Å². The molecule has 7 heteroatoms. The highest BCUT2D eigenvalue weighted by Crippen LogP contribution is 2.27. The van der Waals surface area contributed by atoms with Crippen LogP contribution in [0.5, 0.6) is 0 Å². The number of benzene rings is 1. The first-order valence-corrected chi connectivity index (χ1v) is 10.7. The van der Waals surface area contributed by atoms with Gasteiger partial charge in [-0.3, -0.25) is 19.6 Å². The van der Waals surface area contributed by atoms with Crippen molar-refractivity contribution in [3.8, 4) is 11.1 Å². The minimum atomic E-state index is -1.14. The highest BCUT2D eigenvalue weighted by molar-refractivity contribution is 5.95. The van der Waals surface area contributed by atoms with Gasteiger partial charge in [0.25, 0.3) is 11.8 Å². The van der Waals surface area contributed by atoms with E-state index in [1.165, 1.54) is 0 Å². The van der Waals surface area contributed by atoms with Crippen LogP contribution in [-0.4, -0.2) is 58.5 Å². The van der Waals surface area contributed by atoms with Gasteiger partial charge in [-0.1, -0.05) is 24.3 Å². The number of aromatic nitrogens is 2. The number of nitrogens with one attached hydrogen (secondary N) is 1. The Morgan fingerprint density at radius 2 is 1.59 bits per heavy atom. The van der Waals surface area contributed by atoms with Crippen molar-refractivity contribution in [3.63, 3.8) is 0 Å². The Hall–Kier alpha value is -3.58. The maximum absolute atomic E-state index is 13.1. The molecule has 164 valence electrons. The summed E-state index contributed by atoms with van der Waals surface area (Å²) >= 11 is 0. The number of nitrogens with zero attached hydrogens (tertiary/aromatic N) is 3. The number of ether oxygens (including phenoxy) is 1. The van der Waals surface area contributed by atoms with Crippen LogP contribution in [-0.2, 0) is 16.0 Å². The number of carbonyl (C=O) groups is 2. The highest BCUT2D eigenvalue weighted by atomic mass is 16.5. The lowest BCUT2D eigenvalue weighted by molar-refractivity contribution is -0.157. The quantitative estimate of drug-likeness (QED) is 0.650. The molecule has 1 aliphatic rings. The molecule has 0 unspecified atom stereocenters. The zero-order valence-electron chi connectivity index (χ0n) is 18.0. The first-order chi connectivity index (χ1) is 15.6. The molecule has 32 heavy (non-hydrogen) atoms. The molecular weight excluding hydrogens is 404 g/mol. The monoisotopic (exact) mass is 430 g/mol. The van der Waals surface area contributed by atoms with Gasteiger partial charge >= 0.3 is 0 Å². The standard InChI is InChI=1S/C25H26N4O3/c1-2-28-24(31)25(17-19-3-5-20(6-4-19)21-7-11-26-12-8-21)18-29(15-16-32-25)23(30)22-9-13-27-14-10-22/h3-14H,2,15-18H2,1H3,(H,28,31)/t25-/m0/s1. The minimum absolute atomic E-state index is 0.127. The van der Waals surface area contributed by atoms with Gasteiger partial charge < -0.3 is 15.0 Å². The zero-order valence-corrected chi connectivity index (χ0v) is 18.0. The molecule has 1 atom stereocenters. The lowest BCUT2D eigenvalue weighted by atomic mass is 9.90. The smallest absolute Gasteiger partial charge is 0.254 e. The lowest BCUT2D eigenvalue weighted by Crippen LogP contribution is -2.62. The fraction of sp³-hybridized carbons (Fsp3) is 0.280. The van der Waals surface area contributed by atoms with Crippen molar-refractivity contribution < 1.29 is 14.3 Å². The lowest BCUT2D eigenvalue weighted by Gasteiger charge is -2.41. The van der Waals surface area contributed by atoms with Crippen molar-refractivity contribution in [1.29, 1.82) is 0 Å². The van der Waals surface area contributed by atoms with Crippen LogP contribution >= 0.6 is 0 Å². The molecular formula is C25H26N4O3. The van der Waals surface area contributed by atoms with Gasteiger partial charge in [0, 0.05) is 49.9 Å². The van der Waals surface area contributed by atoms with Crippen LogP contribution in [0.1, 0.15) is 22.8 Å². The summed E-state index contributed by atoms with van der Waals surface area (Å²) in [4.78, 5) is 35.9. The minimum Gasteiger partial charge on any atom is -0.361 e. The van der Waals surface area contributed by atoms with E-state index in [0.717, 1.165) is 16.7 Å². The average Bonchev–Trinajstić information content (AvgIpc) is 2.85. The van der Waals surface area contributed by atoms with E-state index in [2.05, 4.69) is 15.3 Å². The van der Waals surface area contributed by atoms with Crippen molar-refractivity contribution in [2.24, 2.45) is 0 Å². The van der Waals surface area contributed by atoms with E-state index in [9.17, 15) is 9.59 Å². The molecule has 2 amide bonds. The third-order valence-corrected chi connectivity index (χ3v) is 5.61. The molecule has 1 aliphatic heterocycles. The molecule has 3 aromatic rings. The second kappa shape index (κ2) is 9.70. The molecule has 2 aromatic heterocycles. The van der Waals surface area contributed by atoms with E-state index in [0.29, 0.717) is 31.7 Å². The molecule has 1 saturated heterocycles. The number of hydrogen-bond donors (Lipinski definition) is 1. The third kappa shape index (κ3) is 4.68. The van der Waals surface area contributed by atoms with E-state index in [-0.39, 0.29) is 18.4 Å². The molecule has 3 heterocycles. The summed E-state index contributed by atoms with van der Waals surface area (Å²) in [5.74, 6) is -0.331. The Kier molecular flexibility index (Phi) is 6.56. The van der Waals surface area contributed by atoms with Crippen LogP contribution in [0.4, 0.5) is 0 Å². The van der Waals surface area contributed by atoms with Crippen LogP contribution in [0.15, 0.2) is 73.3 Å². The van der Waals surface area contributed by atoms with Gasteiger partial charge in [-0.05, 0) is 47.9 Å². The number of amides is 2. The summed E-state index contributed by atoms with van der Waals surface area (Å²) in [5, 5.41) is 2.89. The van der Waals surface area contributed by atoms with Gasteiger partial charge in [-0.2, -0.15) is 0 Å². The molecule has 1 N–H and O–H groups in total. The topological polar surface area (TPSA) is 84.4 Å². The largest absolute Gasteiger partial charge is 0.361 e. The van der Waals surface area contributed by atoms with Crippen LogP contribution in [0.2, 0.25) is 0 Å². The number of rotatable bonds is 6. The van der Waals surface area contributed by atoms with Gasteiger partial charge in [0.1, 0.15) is 0 Å². The summed E-state index contributed by atoms with van der Waals surface area (Å²) in [6.45, 7) is 3.28. The molecule has 1 aromatic carbocycles. The van der Waals surface area contributed by atoms with Gasteiger partial charge in [-0.15, -0.1) is 0 Å². The summed E-state index contributed by atoms with van der Waals surface area (Å²) in [6.07, 6.45) is 7.08. The van der Waals surface area contributed by atoms with E-state index in [1.54, 1.807) is 41.8 Å². The molecule has 0 saturated carbocycles. The summed E-state index contributed by atoms with van der Waals surface area (Å²) in [6, 6.07) is 15.3. The normalized spacial score (nSPS) is 18.2. The second-order valence-electron chi connectivity index (χ2n) is 7.77. The van der Waals surface area contributed by atoms with E-state index < -0.39 is 5.60 Å². The van der Waals surface area contributed by atoms with Crippen molar-refractivity contribution in [1.82, 2.24) is 20.2 Å². The molecule has 1 fully saturated rings. The third-order valence-electron chi connectivity index (χ3n) is 5.61. The fourth-order valence-corrected chi connectivity index (χ4v) is 3.97. The zero-order chi connectivity index (χ0) is 22.4. The average molecular weight is 431 g/mol. The Balaban J connectivity index is 1.57. The summed E-state index contributed by atoms with van der Waals surface area (Å²) in [7, 11) is 0. The number of morpholine rings is 1. The van der Waals surface area contributed by atoms with Crippen LogP contribution in [0.3, 0.4) is 0 Å². The first kappa shape index (κ1) is 21.6. The summed E-state index contributed by atoms with van der Waals surface area (Å²) in [5.41, 5.74) is 2.52. The molecule has 0 spiro atoms. The van der Waals surface area contributed by atoms with E-state index in [1.807, 2.05) is 43.3 Å². The Morgan fingerprint density at radius 1 is 0.969 bits per heavy atom. The Morgan fingerprint density at radius 3 is 2.25 bits per heavy atom. The van der Waals surface area contributed by atoms with E-state index >= 15 is 0 Å². The number of hydrogen-bond acceptors (Lipinski definition) is 5. The summed E-state index contributed by atoms with van der Waals surface area (Å²) < 4.78 is 6.09. The van der Waals surface area contributed by atoms with Crippen molar-refractivity contribution in [2.45, 2.75) is 18.9 Å². The molecule has 4 rings (SSSR count). The van der Waals surface area contributed by atoms with Gasteiger partial charge in [-0.25, -0.2) is 0 Å². The SMILES string of the molecule is CCNC(=O)[C@]1(Cc2ccc(-c3ccncc3)cc2)CN(C(=O)c2ccncc2)CCO1. The molecule has 7 nitrogen and oxygen atoms in total. The maximum atomic E-state index is 13.1. The van der Waals surface area contributed by atoms with Crippen LogP contribution in [0, 0.1) is 0 Å².